The summed E-state index contributed by atoms with van der Waals surface area (Å²) in [5.74, 6) is -0.323. The van der Waals surface area contributed by atoms with Gasteiger partial charge < -0.3 is 14.6 Å². The first-order valence-corrected chi connectivity index (χ1v) is 6.95. The maximum atomic E-state index is 10.9. The van der Waals surface area contributed by atoms with Crippen LogP contribution in [0.5, 0.6) is 5.75 Å². The van der Waals surface area contributed by atoms with Gasteiger partial charge in [0.2, 0.25) is 0 Å². The molecule has 1 heterocycles. The molecule has 1 aliphatic rings. The lowest BCUT2D eigenvalue weighted by Gasteiger charge is -2.32. The molecule has 110 valence electrons. The lowest BCUT2D eigenvalue weighted by Crippen LogP contribution is -2.42. The van der Waals surface area contributed by atoms with E-state index < -0.39 is 5.97 Å². The molecule has 5 nitrogen and oxygen atoms in total. The quantitative estimate of drug-likeness (QED) is 0.861. The van der Waals surface area contributed by atoms with Gasteiger partial charge in [0.15, 0.2) is 0 Å². The fraction of sp³-hybridized carbons (Fsp3) is 0.533. The number of morpholine rings is 1. The van der Waals surface area contributed by atoms with Crippen LogP contribution >= 0.6 is 0 Å². The minimum absolute atomic E-state index is 0.253. The highest BCUT2D eigenvalue weighted by Gasteiger charge is 2.16. The third kappa shape index (κ3) is 4.21. The minimum Gasteiger partial charge on any atom is -0.494 e. The molecule has 1 unspecified atom stereocenters. The van der Waals surface area contributed by atoms with Crippen molar-refractivity contribution in [2.45, 2.75) is 19.4 Å². The van der Waals surface area contributed by atoms with Crippen molar-refractivity contribution in [3.05, 3.63) is 29.8 Å². The number of nitrogens with zero attached hydrogens (tertiary/aromatic N) is 1. The molecular formula is C15H21NO4. The Balaban J connectivity index is 1.77. The van der Waals surface area contributed by atoms with E-state index in [1.165, 1.54) is 0 Å². The molecule has 0 bridgehead atoms. The zero-order valence-electron chi connectivity index (χ0n) is 11.7. The van der Waals surface area contributed by atoms with Crippen molar-refractivity contribution in [1.82, 2.24) is 4.90 Å². The van der Waals surface area contributed by atoms with E-state index in [0.717, 1.165) is 32.7 Å². The van der Waals surface area contributed by atoms with E-state index in [-0.39, 0.29) is 5.56 Å². The monoisotopic (exact) mass is 279 g/mol. The second-order valence-corrected chi connectivity index (χ2v) is 4.97. The standard InChI is InChI=1S/C15H21NO4/c1-12(16-6-9-19-10-7-16)5-8-20-14-4-2-3-13(11-14)15(17)18/h2-4,11-12H,5-10H2,1H3,(H,17,18). The summed E-state index contributed by atoms with van der Waals surface area (Å²) in [6.45, 7) is 6.30. The molecule has 0 saturated carbocycles. The normalized spacial score (nSPS) is 17.6. The Bertz CT molecular complexity index is 443. The van der Waals surface area contributed by atoms with Crippen LogP contribution in [0.3, 0.4) is 0 Å². The zero-order valence-corrected chi connectivity index (χ0v) is 11.7. The van der Waals surface area contributed by atoms with Crippen molar-refractivity contribution in [3.63, 3.8) is 0 Å². The van der Waals surface area contributed by atoms with Gasteiger partial charge in [-0.3, -0.25) is 4.90 Å². The lowest BCUT2D eigenvalue weighted by atomic mass is 10.2. The average Bonchev–Trinajstić information content (AvgIpc) is 2.48. The van der Waals surface area contributed by atoms with Crippen molar-refractivity contribution in [1.29, 1.82) is 0 Å². The number of aromatic carboxylic acids is 1. The maximum absolute atomic E-state index is 10.9. The summed E-state index contributed by atoms with van der Waals surface area (Å²) >= 11 is 0. The first-order valence-electron chi connectivity index (χ1n) is 6.95. The lowest BCUT2D eigenvalue weighted by molar-refractivity contribution is 0.0161. The highest BCUT2D eigenvalue weighted by Crippen LogP contribution is 2.14. The topological polar surface area (TPSA) is 59.0 Å². The fourth-order valence-electron chi connectivity index (χ4n) is 2.27. The number of ether oxygens (including phenoxy) is 2. The van der Waals surface area contributed by atoms with Gasteiger partial charge in [0.05, 0.1) is 25.4 Å². The Labute approximate surface area is 119 Å². The molecule has 1 fully saturated rings. The molecule has 1 aromatic carbocycles. The Kier molecular flexibility index (Phi) is 5.38. The summed E-state index contributed by atoms with van der Waals surface area (Å²) in [5, 5.41) is 8.92. The molecule has 20 heavy (non-hydrogen) atoms. The van der Waals surface area contributed by atoms with Crippen molar-refractivity contribution in [2.24, 2.45) is 0 Å². The largest absolute Gasteiger partial charge is 0.494 e. The van der Waals surface area contributed by atoms with Gasteiger partial charge >= 0.3 is 5.97 Å². The van der Waals surface area contributed by atoms with Gasteiger partial charge in [0.25, 0.3) is 0 Å². The minimum atomic E-state index is -0.933. The van der Waals surface area contributed by atoms with Gasteiger partial charge in [0, 0.05) is 19.1 Å². The summed E-state index contributed by atoms with van der Waals surface area (Å²) in [7, 11) is 0. The number of carbonyl (C=O) groups is 1. The smallest absolute Gasteiger partial charge is 0.335 e. The second kappa shape index (κ2) is 7.26. The number of hydrogen-bond donors (Lipinski definition) is 1. The highest BCUT2D eigenvalue weighted by atomic mass is 16.5. The molecular weight excluding hydrogens is 258 g/mol. The predicted molar refractivity (Wildman–Crippen MR) is 75.4 cm³/mol. The van der Waals surface area contributed by atoms with Gasteiger partial charge in [-0.2, -0.15) is 0 Å². The Morgan fingerprint density at radius 2 is 2.20 bits per heavy atom. The van der Waals surface area contributed by atoms with Crippen LogP contribution < -0.4 is 4.74 Å². The molecule has 0 spiro atoms. The molecule has 0 amide bonds. The Hall–Kier alpha value is -1.59. The Morgan fingerprint density at radius 1 is 1.45 bits per heavy atom. The van der Waals surface area contributed by atoms with Crippen LogP contribution in [0, 0.1) is 0 Å². The molecule has 5 heteroatoms. The number of benzene rings is 1. The molecule has 1 aromatic rings. The summed E-state index contributed by atoms with van der Waals surface area (Å²) < 4.78 is 11.0. The van der Waals surface area contributed by atoms with Crippen molar-refractivity contribution in [2.75, 3.05) is 32.9 Å². The summed E-state index contributed by atoms with van der Waals surface area (Å²) in [6, 6.07) is 7.05. The number of carboxylic acids is 1. The molecule has 1 N–H and O–H groups in total. The summed E-state index contributed by atoms with van der Waals surface area (Å²) in [4.78, 5) is 13.3. The fourth-order valence-corrected chi connectivity index (χ4v) is 2.27. The molecule has 1 atom stereocenters. The Morgan fingerprint density at radius 3 is 2.90 bits per heavy atom. The van der Waals surface area contributed by atoms with Crippen molar-refractivity contribution in [3.8, 4) is 5.75 Å². The second-order valence-electron chi connectivity index (χ2n) is 4.97. The van der Waals surface area contributed by atoms with E-state index >= 15 is 0 Å². The van der Waals surface area contributed by atoms with Crippen LogP contribution in [0.4, 0.5) is 0 Å². The van der Waals surface area contributed by atoms with Crippen LogP contribution in [0.1, 0.15) is 23.7 Å². The van der Waals surface area contributed by atoms with Crippen LogP contribution in [0.25, 0.3) is 0 Å². The molecule has 1 aliphatic heterocycles. The van der Waals surface area contributed by atoms with E-state index in [2.05, 4.69) is 11.8 Å². The van der Waals surface area contributed by atoms with Crippen LogP contribution in [-0.4, -0.2) is 54.9 Å². The van der Waals surface area contributed by atoms with Gasteiger partial charge in [-0.05, 0) is 31.5 Å². The third-order valence-electron chi connectivity index (χ3n) is 3.55. The number of hydrogen-bond acceptors (Lipinski definition) is 4. The molecule has 1 saturated heterocycles. The summed E-state index contributed by atoms with van der Waals surface area (Å²) in [5.41, 5.74) is 0.253. The average molecular weight is 279 g/mol. The maximum Gasteiger partial charge on any atom is 0.335 e. The van der Waals surface area contributed by atoms with Crippen LogP contribution in [0.2, 0.25) is 0 Å². The van der Waals surface area contributed by atoms with Gasteiger partial charge in [-0.25, -0.2) is 4.79 Å². The van der Waals surface area contributed by atoms with E-state index in [9.17, 15) is 4.79 Å². The van der Waals surface area contributed by atoms with Gasteiger partial charge in [-0.15, -0.1) is 0 Å². The number of carboxylic acid groups (broad SMARTS) is 1. The first kappa shape index (κ1) is 14.8. The molecule has 0 aliphatic carbocycles. The molecule has 0 radical (unpaired) electrons. The van der Waals surface area contributed by atoms with E-state index in [0.29, 0.717) is 18.4 Å². The summed E-state index contributed by atoms with van der Waals surface area (Å²) in [6.07, 6.45) is 0.914. The van der Waals surface area contributed by atoms with Crippen molar-refractivity contribution < 1.29 is 19.4 Å². The molecule has 0 aromatic heterocycles. The van der Waals surface area contributed by atoms with E-state index in [1.54, 1.807) is 24.3 Å². The third-order valence-corrected chi connectivity index (χ3v) is 3.55. The van der Waals surface area contributed by atoms with Crippen LogP contribution in [0.15, 0.2) is 24.3 Å². The SMILES string of the molecule is CC(CCOc1cccc(C(=O)O)c1)N1CCOCC1. The van der Waals surface area contributed by atoms with Gasteiger partial charge in [0.1, 0.15) is 5.75 Å². The zero-order chi connectivity index (χ0) is 14.4. The van der Waals surface area contributed by atoms with Crippen LogP contribution in [-0.2, 0) is 4.74 Å². The highest BCUT2D eigenvalue weighted by molar-refractivity contribution is 5.87. The number of rotatable bonds is 6. The van der Waals surface area contributed by atoms with E-state index in [4.69, 9.17) is 14.6 Å². The van der Waals surface area contributed by atoms with Crippen molar-refractivity contribution >= 4 is 5.97 Å². The first-order chi connectivity index (χ1) is 9.66. The van der Waals surface area contributed by atoms with Gasteiger partial charge in [-0.1, -0.05) is 6.07 Å². The molecule has 2 rings (SSSR count). The van der Waals surface area contributed by atoms with E-state index in [1.807, 2.05) is 0 Å². The predicted octanol–water partition coefficient (Wildman–Crippen LogP) is 1.87.